The summed E-state index contributed by atoms with van der Waals surface area (Å²) in [5, 5.41) is 6.36. The maximum absolute atomic E-state index is 12.5. The minimum absolute atomic E-state index is 0.147. The number of nitrogens with zero attached hydrogens (tertiary/aromatic N) is 2. The number of amides is 2. The molecule has 2 N–H and O–H groups in total. The highest BCUT2D eigenvalue weighted by molar-refractivity contribution is 7.22. The third kappa shape index (κ3) is 4.89. The Hall–Kier alpha value is -2.68. The normalized spacial score (nSPS) is 15.1. The zero-order chi connectivity index (χ0) is 21.0. The van der Waals surface area contributed by atoms with Crippen LogP contribution in [-0.4, -0.2) is 54.3 Å². The standard InChI is InChI=1S/C22H26N4O3S/c1-22(2,26-11-13-28-14-12-26)15-23-20(27)25-21-24-19-17(9-6-10-18(19)30-21)29-16-7-4-3-5-8-16/h3-10H,11-15H2,1-2H3,(H2,23,24,25,27). The Kier molecular flexibility index (Phi) is 6.17. The number of carbonyl (C=O) groups is 1. The van der Waals surface area contributed by atoms with E-state index in [-0.39, 0.29) is 11.6 Å². The van der Waals surface area contributed by atoms with Crippen LogP contribution in [0.3, 0.4) is 0 Å². The van der Waals surface area contributed by atoms with Crippen molar-refractivity contribution in [2.75, 3.05) is 38.2 Å². The number of nitrogens with one attached hydrogen (secondary N) is 2. The van der Waals surface area contributed by atoms with E-state index in [1.54, 1.807) is 0 Å². The molecular formula is C22H26N4O3S. The van der Waals surface area contributed by atoms with Crippen LogP contribution in [0.25, 0.3) is 10.2 Å². The lowest BCUT2D eigenvalue weighted by Crippen LogP contribution is -2.55. The molecule has 8 heteroatoms. The van der Waals surface area contributed by atoms with Gasteiger partial charge in [0.1, 0.15) is 11.3 Å². The summed E-state index contributed by atoms with van der Waals surface area (Å²) in [7, 11) is 0. The van der Waals surface area contributed by atoms with E-state index >= 15 is 0 Å². The number of morpholine rings is 1. The molecule has 1 aliphatic rings. The van der Waals surface area contributed by atoms with E-state index in [0.717, 1.165) is 42.3 Å². The number of benzene rings is 2. The van der Waals surface area contributed by atoms with Gasteiger partial charge < -0.3 is 14.8 Å². The fourth-order valence-corrected chi connectivity index (χ4v) is 4.27. The van der Waals surface area contributed by atoms with Crippen LogP contribution in [0.5, 0.6) is 11.5 Å². The molecule has 0 saturated carbocycles. The van der Waals surface area contributed by atoms with Crippen molar-refractivity contribution >= 4 is 32.7 Å². The summed E-state index contributed by atoms with van der Waals surface area (Å²) in [6.07, 6.45) is 0. The van der Waals surface area contributed by atoms with Gasteiger partial charge in [-0.25, -0.2) is 9.78 Å². The molecule has 0 spiro atoms. The van der Waals surface area contributed by atoms with Crippen molar-refractivity contribution in [3.8, 4) is 11.5 Å². The minimum atomic E-state index is -0.263. The van der Waals surface area contributed by atoms with E-state index in [9.17, 15) is 4.79 Å². The van der Waals surface area contributed by atoms with Crippen LogP contribution in [0.1, 0.15) is 13.8 Å². The SMILES string of the molecule is CC(C)(CNC(=O)Nc1nc2c(Oc3ccccc3)cccc2s1)N1CCOCC1. The van der Waals surface area contributed by atoms with Crippen molar-refractivity contribution in [3.63, 3.8) is 0 Å². The van der Waals surface area contributed by atoms with Crippen LogP contribution in [0.15, 0.2) is 48.5 Å². The van der Waals surface area contributed by atoms with E-state index in [1.807, 2.05) is 48.5 Å². The van der Waals surface area contributed by atoms with Crippen molar-refractivity contribution < 1.29 is 14.3 Å². The van der Waals surface area contributed by atoms with Gasteiger partial charge >= 0.3 is 6.03 Å². The van der Waals surface area contributed by atoms with Crippen LogP contribution >= 0.6 is 11.3 Å². The van der Waals surface area contributed by atoms with Crippen LogP contribution in [0, 0.1) is 0 Å². The van der Waals surface area contributed by atoms with Crippen molar-refractivity contribution in [1.29, 1.82) is 0 Å². The summed E-state index contributed by atoms with van der Waals surface area (Å²) in [6, 6.07) is 15.1. The number of urea groups is 1. The smallest absolute Gasteiger partial charge is 0.321 e. The van der Waals surface area contributed by atoms with Gasteiger partial charge in [-0.3, -0.25) is 10.2 Å². The van der Waals surface area contributed by atoms with E-state index in [1.165, 1.54) is 11.3 Å². The Labute approximate surface area is 180 Å². The molecule has 0 aliphatic carbocycles. The Morgan fingerprint density at radius 2 is 1.93 bits per heavy atom. The van der Waals surface area contributed by atoms with Crippen molar-refractivity contribution in [2.24, 2.45) is 0 Å². The molecule has 0 atom stereocenters. The van der Waals surface area contributed by atoms with Crippen LogP contribution in [0.2, 0.25) is 0 Å². The molecule has 1 aromatic heterocycles. The number of aromatic nitrogens is 1. The highest BCUT2D eigenvalue weighted by atomic mass is 32.1. The molecule has 0 radical (unpaired) electrons. The third-order valence-corrected chi connectivity index (χ3v) is 6.06. The molecule has 4 rings (SSSR count). The molecule has 158 valence electrons. The summed E-state index contributed by atoms with van der Waals surface area (Å²) in [4.78, 5) is 19.4. The van der Waals surface area contributed by atoms with Gasteiger partial charge in [0.2, 0.25) is 0 Å². The molecule has 1 saturated heterocycles. The Morgan fingerprint density at radius 3 is 2.70 bits per heavy atom. The van der Waals surface area contributed by atoms with E-state index in [4.69, 9.17) is 9.47 Å². The molecule has 7 nitrogen and oxygen atoms in total. The number of hydrogen-bond acceptors (Lipinski definition) is 6. The number of thiazole rings is 1. The molecular weight excluding hydrogens is 400 g/mol. The Morgan fingerprint density at radius 1 is 1.17 bits per heavy atom. The second kappa shape index (κ2) is 8.99. The first-order valence-corrected chi connectivity index (χ1v) is 10.8. The quantitative estimate of drug-likeness (QED) is 0.614. The topological polar surface area (TPSA) is 75.7 Å². The van der Waals surface area contributed by atoms with Gasteiger partial charge in [0.25, 0.3) is 0 Å². The average Bonchev–Trinajstić information content (AvgIpc) is 3.17. The molecule has 2 amide bonds. The molecule has 30 heavy (non-hydrogen) atoms. The van der Waals surface area contributed by atoms with Crippen LogP contribution in [0.4, 0.5) is 9.93 Å². The monoisotopic (exact) mass is 426 g/mol. The van der Waals surface area contributed by atoms with Gasteiger partial charge in [-0.1, -0.05) is 35.6 Å². The largest absolute Gasteiger partial charge is 0.455 e. The molecule has 3 aromatic rings. The average molecular weight is 427 g/mol. The lowest BCUT2D eigenvalue weighted by molar-refractivity contribution is -0.00863. The second-order valence-electron chi connectivity index (χ2n) is 7.76. The van der Waals surface area contributed by atoms with Gasteiger partial charge in [-0.05, 0) is 38.1 Å². The van der Waals surface area contributed by atoms with Crippen LogP contribution < -0.4 is 15.4 Å². The maximum Gasteiger partial charge on any atom is 0.321 e. The molecule has 2 aromatic carbocycles. The minimum Gasteiger partial charge on any atom is -0.455 e. The van der Waals surface area contributed by atoms with E-state index in [0.29, 0.717) is 17.4 Å². The number of hydrogen-bond donors (Lipinski definition) is 2. The highest BCUT2D eigenvalue weighted by Crippen LogP contribution is 2.34. The summed E-state index contributed by atoms with van der Waals surface area (Å²) in [5.41, 5.74) is 0.584. The number of anilines is 1. The Bertz CT molecular complexity index is 1000. The van der Waals surface area contributed by atoms with Gasteiger partial charge in [0, 0.05) is 25.2 Å². The summed E-state index contributed by atoms with van der Waals surface area (Å²) >= 11 is 1.42. The van der Waals surface area contributed by atoms with Crippen molar-refractivity contribution in [1.82, 2.24) is 15.2 Å². The van der Waals surface area contributed by atoms with Gasteiger partial charge in [-0.2, -0.15) is 0 Å². The molecule has 0 unspecified atom stereocenters. The second-order valence-corrected chi connectivity index (χ2v) is 8.79. The third-order valence-electron chi connectivity index (χ3n) is 5.12. The van der Waals surface area contributed by atoms with E-state index < -0.39 is 0 Å². The number of rotatable bonds is 6. The fraction of sp³-hybridized carbons (Fsp3) is 0.364. The van der Waals surface area contributed by atoms with E-state index in [2.05, 4.69) is 34.4 Å². The van der Waals surface area contributed by atoms with Crippen molar-refractivity contribution in [3.05, 3.63) is 48.5 Å². The number of ether oxygens (including phenoxy) is 2. The van der Waals surface area contributed by atoms with Crippen LogP contribution in [-0.2, 0) is 4.74 Å². The fourth-order valence-electron chi connectivity index (χ4n) is 3.39. The lowest BCUT2D eigenvalue weighted by Gasteiger charge is -2.40. The predicted molar refractivity (Wildman–Crippen MR) is 120 cm³/mol. The zero-order valence-corrected chi connectivity index (χ0v) is 18.0. The molecule has 1 fully saturated rings. The number of fused-ring (bicyclic) bond motifs is 1. The van der Waals surface area contributed by atoms with Crippen molar-refractivity contribution in [2.45, 2.75) is 19.4 Å². The first-order valence-electron chi connectivity index (χ1n) is 10.0. The molecule has 0 bridgehead atoms. The predicted octanol–water partition coefficient (Wildman–Crippen LogP) is 4.32. The molecule has 2 heterocycles. The lowest BCUT2D eigenvalue weighted by atomic mass is 10.0. The van der Waals surface area contributed by atoms with Gasteiger partial charge in [-0.15, -0.1) is 0 Å². The highest BCUT2D eigenvalue weighted by Gasteiger charge is 2.28. The summed E-state index contributed by atoms with van der Waals surface area (Å²) in [5.74, 6) is 1.41. The summed E-state index contributed by atoms with van der Waals surface area (Å²) < 4.78 is 12.3. The van der Waals surface area contributed by atoms with Gasteiger partial charge in [0.05, 0.1) is 17.9 Å². The van der Waals surface area contributed by atoms with Gasteiger partial charge in [0.15, 0.2) is 10.9 Å². The summed E-state index contributed by atoms with van der Waals surface area (Å²) in [6.45, 7) is 8.00. The molecule has 1 aliphatic heterocycles. The Balaban J connectivity index is 1.40. The first-order chi connectivity index (χ1) is 14.5. The number of carbonyl (C=O) groups excluding carboxylic acids is 1. The number of para-hydroxylation sites is 2. The zero-order valence-electron chi connectivity index (χ0n) is 17.2. The maximum atomic E-state index is 12.5. The first kappa shape index (κ1) is 20.6.